The van der Waals surface area contributed by atoms with Crippen LogP contribution in [0.15, 0.2) is 0 Å². The quantitative estimate of drug-likeness (QED) is 0.624. The van der Waals surface area contributed by atoms with Gasteiger partial charge in [0, 0.05) is 38.8 Å². The van der Waals surface area contributed by atoms with Crippen molar-refractivity contribution in [2.45, 2.75) is 19.9 Å². The molecule has 2 atom stereocenters. The summed E-state index contributed by atoms with van der Waals surface area (Å²) >= 11 is 0. The summed E-state index contributed by atoms with van der Waals surface area (Å²) in [7, 11) is 0. The van der Waals surface area contributed by atoms with E-state index < -0.39 is 0 Å². The maximum Gasteiger partial charge on any atom is 0.0468 e. The number of piperazine rings is 1. The molecule has 0 radical (unpaired) electrons. The maximum absolute atomic E-state index is 8.91. The zero-order chi connectivity index (χ0) is 8.97. The number of aliphatic hydroxyl groups excluding tert-OH is 1. The van der Waals surface area contributed by atoms with E-state index in [0.29, 0.717) is 18.6 Å². The minimum Gasteiger partial charge on any atom is -0.396 e. The first-order valence-corrected chi connectivity index (χ1v) is 4.79. The Bertz CT molecular complexity index is 130. The standard InChI is InChI=1S/C9H20N2O/c1-8(7-12)6-11-4-3-10-5-9(11)2/h8-10,12H,3-7H2,1-2H3/t8?,9-/m0/s1. The molecule has 3 heteroatoms. The van der Waals surface area contributed by atoms with Crippen LogP contribution in [0, 0.1) is 5.92 Å². The second kappa shape index (κ2) is 4.80. The van der Waals surface area contributed by atoms with E-state index in [1.54, 1.807) is 0 Å². The highest BCUT2D eigenvalue weighted by atomic mass is 16.3. The first-order valence-electron chi connectivity index (χ1n) is 4.79. The van der Waals surface area contributed by atoms with Crippen LogP contribution in [-0.2, 0) is 0 Å². The number of rotatable bonds is 3. The minimum atomic E-state index is 0.302. The Kier molecular flexibility index (Phi) is 3.98. The van der Waals surface area contributed by atoms with Crippen LogP contribution in [-0.4, -0.2) is 48.8 Å². The number of hydrogen-bond donors (Lipinski definition) is 2. The third kappa shape index (κ3) is 2.73. The van der Waals surface area contributed by atoms with Gasteiger partial charge >= 0.3 is 0 Å². The summed E-state index contributed by atoms with van der Waals surface area (Å²) in [5.41, 5.74) is 0. The van der Waals surface area contributed by atoms with Crippen LogP contribution in [0.3, 0.4) is 0 Å². The molecule has 1 aliphatic rings. The molecule has 2 N–H and O–H groups in total. The minimum absolute atomic E-state index is 0.302. The smallest absolute Gasteiger partial charge is 0.0468 e. The lowest BCUT2D eigenvalue weighted by atomic mass is 10.1. The van der Waals surface area contributed by atoms with Crippen LogP contribution >= 0.6 is 0 Å². The molecule has 1 unspecified atom stereocenters. The van der Waals surface area contributed by atoms with Gasteiger partial charge in [0.05, 0.1) is 0 Å². The maximum atomic E-state index is 8.91. The Hall–Kier alpha value is -0.120. The fourth-order valence-corrected chi connectivity index (χ4v) is 1.61. The van der Waals surface area contributed by atoms with Crippen LogP contribution in [0.1, 0.15) is 13.8 Å². The predicted octanol–water partition coefficient (Wildman–Crippen LogP) is -0.0915. The Morgan fingerprint density at radius 3 is 3.00 bits per heavy atom. The van der Waals surface area contributed by atoms with Crippen LogP contribution in [0.4, 0.5) is 0 Å². The molecule has 0 amide bonds. The largest absolute Gasteiger partial charge is 0.396 e. The molecule has 1 aliphatic heterocycles. The molecule has 1 fully saturated rings. The molecule has 12 heavy (non-hydrogen) atoms. The molecule has 1 heterocycles. The monoisotopic (exact) mass is 172 g/mol. The summed E-state index contributed by atoms with van der Waals surface area (Å²) in [6, 6.07) is 0.618. The highest BCUT2D eigenvalue weighted by molar-refractivity contribution is 4.76. The van der Waals surface area contributed by atoms with E-state index in [1.165, 1.54) is 0 Å². The number of aliphatic hydroxyl groups is 1. The van der Waals surface area contributed by atoms with Gasteiger partial charge in [-0.2, -0.15) is 0 Å². The van der Waals surface area contributed by atoms with Gasteiger partial charge in [0.1, 0.15) is 0 Å². The van der Waals surface area contributed by atoms with Crippen molar-refractivity contribution in [1.82, 2.24) is 10.2 Å². The van der Waals surface area contributed by atoms with Crippen molar-refractivity contribution in [3.05, 3.63) is 0 Å². The van der Waals surface area contributed by atoms with Crippen LogP contribution in [0.25, 0.3) is 0 Å². The van der Waals surface area contributed by atoms with Gasteiger partial charge in [0.15, 0.2) is 0 Å². The molecule has 0 bridgehead atoms. The second-order valence-corrected chi connectivity index (χ2v) is 3.84. The molecule has 0 aromatic carbocycles. The Balaban J connectivity index is 2.28. The van der Waals surface area contributed by atoms with Crippen LogP contribution in [0.2, 0.25) is 0 Å². The lowest BCUT2D eigenvalue weighted by Gasteiger charge is -2.35. The molecular formula is C9H20N2O. The van der Waals surface area contributed by atoms with E-state index in [9.17, 15) is 0 Å². The van der Waals surface area contributed by atoms with Gasteiger partial charge in [-0.15, -0.1) is 0 Å². The van der Waals surface area contributed by atoms with Crippen molar-refractivity contribution in [1.29, 1.82) is 0 Å². The van der Waals surface area contributed by atoms with Crippen molar-refractivity contribution in [2.24, 2.45) is 5.92 Å². The zero-order valence-corrected chi connectivity index (χ0v) is 8.08. The lowest BCUT2D eigenvalue weighted by molar-refractivity contribution is 0.124. The predicted molar refractivity (Wildman–Crippen MR) is 50.2 cm³/mol. The molecule has 0 aliphatic carbocycles. The Morgan fingerprint density at radius 1 is 1.67 bits per heavy atom. The lowest BCUT2D eigenvalue weighted by Crippen LogP contribution is -2.51. The van der Waals surface area contributed by atoms with Gasteiger partial charge in [-0.1, -0.05) is 6.92 Å². The summed E-state index contributed by atoms with van der Waals surface area (Å²) in [5, 5.41) is 12.3. The number of nitrogens with one attached hydrogen (secondary N) is 1. The van der Waals surface area contributed by atoms with E-state index in [2.05, 4.69) is 24.1 Å². The molecule has 1 saturated heterocycles. The molecule has 0 aromatic rings. The average Bonchev–Trinajstić information content (AvgIpc) is 2.09. The Labute approximate surface area is 74.8 Å². The molecule has 0 aromatic heterocycles. The summed E-state index contributed by atoms with van der Waals surface area (Å²) in [5.74, 6) is 0.408. The fourth-order valence-electron chi connectivity index (χ4n) is 1.61. The van der Waals surface area contributed by atoms with Crippen molar-refractivity contribution in [3.8, 4) is 0 Å². The van der Waals surface area contributed by atoms with Gasteiger partial charge in [-0.3, -0.25) is 4.90 Å². The normalized spacial score (nSPS) is 28.8. The molecule has 72 valence electrons. The van der Waals surface area contributed by atoms with Crippen molar-refractivity contribution in [2.75, 3.05) is 32.8 Å². The van der Waals surface area contributed by atoms with Crippen molar-refractivity contribution < 1.29 is 5.11 Å². The first-order chi connectivity index (χ1) is 5.74. The van der Waals surface area contributed by atoms with Gasteiger partial charge in [-0.05, 0) is 12.8 Å². The SMILES string of the molecule is CC(CO)CN1CCNC[C@@H]1C. The van der Waals surface area contributed by atoms with Gasteiger partial charge in [0.2, 0.25) is 0 Å². The topological polar surface area (TPSA) is 35.5 Å². The van der Waals surface area contributed by atoms with E-state index in [4.69, 9.17) is 5.11 Å². The van der Waals surface area contributed by atoms with E-state index in [-0.39, 0.29) is 0 Å². The molecule has 0 spiro atoms. The van der Waals surface area contributed by atoms with E-state index >= 15 is 0 Å². The van der Waals surface area contributed by atoms with Crippen molar-refractivity contribution >= 4 is 0 Å². The van der Waals surface area contributed by atoms with Gasteiger partial charge in [-0.25, -0.2) is 0 Å². The zero-order valence-electron chi connectivity index (χ0n) is 8.08. The third-order valence-corrected chi connectivity index (χ3v) is 2.50. The first kappa shape index (κ1) is 9.96. The molecular weight excluding hydrogens is 152 g/mol. The summed E-state index contributed by atoms with van der Waals surface area (Å²) in [4.78, 5) is 2.44. The summed E-state index contributed by atoms with van der Waals surface area (Å²) < 4.78 is 0. The van der Waals surface area contributed by atoms with Crippen LogP contribution in [0.5, 0.6) is 0 Å². The highest BCUT2D eigenvalue weighted by Crippen LogP contribution is 2.06. The highest BCUT2D eigenvalue weighted by Gasteiger charge is 2.18. The molecule has 1 rings (SSSR count). The van der Waals surface area contributed by atoms with Crippen LogP contribution < -0.4 is 5.32 Å². The van der Waals surface area contributed by atoms with Gasteiger partial charge in [0.25, 0.3) is 0 Å². The summed E-state index contributed by atoms with van der Waals surface area (Å²) in [6.45, 7) is 8.94. The van der Waals surface area contributed by atoms with Crippen molar-refractivity contribution in [3.63, 3.8) is 0 Å². The third-order valence-electron chi connectivity index (χ3n) is 2.50. The molecule has 0 saturated carbocycles. The fraction of sp³-hybridized carbons (Fsp3) is 1.00. The number of hydrogen-bond acceptors (Lipinski definition) is 3. The van der Waals surface area contributed by atoms with E-state index in [0.717, 1.165) is 26.2 Å². The average molecular weight is 172 g/mol. The van der Waals surface area contributed by atoms with E-state index in [1.807, 2.05) is 0 Å². The summed E-state index contributed by atoms with van der Waals surface area (Å²) in [6.07, 6.45) is 0. The second-order valence-electron chi connectivity index (χ2n) is 3.84. The number of nitrogens with zero attached hydrogens (tertiary/aromatic N) is 1. The molecule has 3 nitrogen and oxygen atoms in total. The van der Waals surface area contributed by atoms with Gasteiger partial charge < -0.3 is 10.4 Å². The Morgan fingerprint density at radius 2 is 2.42 bits per heavy atom.